The topological polar surface area (TPSA) is 6.48 Å². The van der Waals surface area contributed by atoms with Crippen LogP contribution in [-0.2, 0) is 6.42 Å². The minimum atomic E-state index is 0.314. The van der Waals surface area contributed by atoms with Gasteiger partial charge in [-0.2, -0.15) is 0 Å². The average Bonchev–Trinajstić information content (AvgIpc) is 3.10. The summed E-state index contributed by atoms with van der Waals surface area (Å²) >= 11 is 0. The number of benzene rings is 3. The number of nitrogens with zero attached hydrogens (tertiary/aromatic N) is 2. The van der Waals surface area contributed by atoms with Crippen molar-refractivity contribution in [3.8, 4) is 11.1 Å². The molecule has 2 nitrogen and oxygen atoms in total. The molecule has 0 amide bonds. The summed E-state index contributed by atoms with van der Waals surface area (Å²) in [5.74, 6) is 0. The molecule has 0 bridgehead atoms. The molecule has 3 aromatic rings. The van der Waals surface area contributed by atoms with E-state index in [0.29, 0.717) is 6.17 Å². The van der Waals surface area contributed by atoms with Gasteiger partial charge in [-0.15, -0.1) is 0 Å². The highest BCUT2D eigenvalue weighted by Crippen LogP contribution is 2.49. The molecule has 0 saturated heterocycles. The van der Waals surface area contributed by atoms with Gasteiger partial charge in [0.25, 0.3) is 0 Å². The highest BCUT2D eigenvalue weighted by molar-refractivity contribution is 5.91. The first-order chi connectivity index (χ1) is 12.1. The molecule has 124 valence electrons. The number of fused-ring (bicyclic) bond motifs is 4. The standard InChI is InChI=1S/C23H22N2/c1-15-8-4-7-11-21(15)25-16(2)24(3)22-13-18-12-17-9-5-6-10-19(17)20(18)14-23(22)25/h4-11,13-14,16H,12H2,1-3H3/t16-/m0/s1. The minimum Gasteiger partial charge on any atom is -0.353 e. The molecule has 1 aliphatic heterocycles. The summed E-state index contributed by atoms with van der Waals surface area (Å²) in [5.41, 5.74) is 11.0. The second-order valence-corrected chi connectivity index (χ2v) is 7.23. The minimum absolute atomic E-state index is 0.314. The molecule has 0 saturated carbocycles. The Bertz CT molecular complexity index is 989. The smallest absolute Gasteiger partial charge is 0.103 e. The van der Waals surface area contributed by atoms with Crippen molar-refractivity contribution < 1.29 is 0 Å². The van der Waals surface area contributed by atoms with E-state index in [-0.39, 0.29) is 0 Å². The second-order valence-electron chi connectivity index (χ2n) is 7.23. The summed E-state index contributed by atoms with van der Waals surface area (Å²) < 4.78 is 0. The van der Waals surface area contributed by atoms with Crippen LogP contribution in [0.25, 0.3) is 11.1 Å². The molecule has 1 atom stereocenters. The van der Waals surface area contributed by atoms with E-state index in [4.69, 9.17) is 0 Å². The van der Waals surface area contributed by atoms with Crippen molar-refractivity contribution in [1.82, 2.24) is 0 Å². The molecular weight excluding hydrogens is 304 g/mol. The molecule has 3 aromatic carbocycles. The van der Waals surface area contributed by atoms with Crippen LogP contribution in [0.1, 0.15) is 23.6 Å². The number of para-hydroxylation sites is 1. The van der Waals surface area contributed by atoms with E-state index < -0.39 is 0 Å². The van der Waals surface area contributed by atoms with Crippen LogP contribution >= 0.6 is 0 Å². The van der Waals surface area contributed by atoms with Gasteiger partial charge in [0.1, 0.15) is 6.17 Å². The normalized spacial score (nSPS) is 17.5. The van der Waals surface area contributed by atoms with E-state index in [1.807, 2.05) is 0 Å². The molecule has 5 rings (SSSR count). The molecule has 0 fully saturated rings. The van der Waals surface area contributed by atoms with Gasteiger partial charge in [-0.3, -0.25) is 0 Å². The number of anilines is 3. The Kier molecular flexibility index (Phi) is 2.99. The molecule has 2 aliphatic rings. The first kappa shape index (κ1) is 14.6. The van der Waals surface area contributed by atoms with Crippen LogP contribution in [0.5, 0.6) is 0 Å². The van der Waals surface area contributed by atoms with Crippen molar-refractivity contribution in [2.75, 3.05) is 16.8 Å². The third kappa shape index (κ3) is 1.97. The monoisotopic (exact) mass is 326 g/mol. The third-order valence-corrected chi connectivity index (χ3v) is 5.84. The summed E-state index contributed by atoms with van der Waals surface area (Å²) in [4.78, 5) is 4.87. The second kappa shape index (κ2) is 5.13. The SMILES string of the molecule is Cc1ccccc1N1c2cc3c(cc2N(C)[C@@H]1C)Cc1ccccc1-3. The average molecular weight is 326 g/mol. The highest BCUT2D eigenvalue weighted by atomic mass is 15.4. The summed E-state index contributed by atoms with van der Waals surface area (Å²) in [7, 11) is 2.20. The fourth-order valence-electron chi connectivity index (χ4n) is 4.38. The quantitative estimate of drug-likeness (QED) is 0.456. The van der Waals surface area contributed by atoms with Crippen molar-refractivity contribution in [3.63, 3.8) is 0 Å². The lowest BCUT2D eigenvalue weighted by molar-refractivity contribution is 0.732. The Balaban J connectivity index is 1.72. The van der Waals surface area contributed by atoms with Crippen LogP contribution in [0.15, 0.2) is 60.7 Å². The fraction of sp³-hybridized carbons (Fsp3) is 0.217. The zero-order chi connectivity index (χ0) is 17.1. The van der Waals surface area contributed by atoms with Crippen LogP contribution in [0.4, 0.5) is 17.1 Å². The van der Waals surface area contributed by atoms with Gasteiger partial charge < -0.3 is 9.80 Å². The van der Waals surface area contributed by atoms with Crippen LogP contribution in [0, 0.1) is 6.92 Å². The number of hydrogen-bond donors (Lipinski definition) is 0. The largest absolute Gasteiger partial charge is 0.353 e. The summed E-state index contributed by atoms with van der Waals surface area (Å²) in [5, 5.41) is 0. The number of hydrogen-bond acceptors (Lipinski definition) is 2. The van der Waals surface area contributed by atoms with E-state index >= 15 is 0 Å². The maximum Gasteiger partial charge on any atom is 0.103 e. The predicted octanol–water partition coefficient (Wildman–Crippen LogP) is 5.50. The van der Waals surface area contributed by atoms with Crippen molar-refractivity contribution >= 4 is 17.1 Å². The van der Waals surface area contributed by atoms with E-state index in [0.717, 1.165) is 6.42 Å². The van der Waals surface area contributed by atoms with Gasteiger partial charge in [-0.05, 0) is 66.3 Å². The maximum absolute atomic E-state index is 2.48. The molecule has 0 unspecified atom stereocenters. The van der Waals surface area contributed by atoms with Crippen molar-refractivity contribution in [2.45, 2.75) is 26.4 Å². The Morgan fingerprint density at radius 3 is 2.40 bits per heavy atom. The van der Waals surface area contributed by atoms with E-state index in [2.05, 4.69) is 91.4 Å². The lowest BCUT2D eigenvalue weighted by Crippen LogP contribution is -2.35. The number of aryl methyl sites for hydroxylation is 1. The lowest BCUT2D eigenvalue weighted by Gasteiger charge is -2.29. The molecule has 0 aromatic heterocycles. The maximum atomic E-state index is 2.48. The summed E-state index contributed by atoms with van der Waals surface area (Å²) in [6, 6.07) is 22.3. The van der Waals surface area contributed by atoms with Crippen LogP contribution in [0.3, 0.4) is 0 Å². The Hall–Kier alpha value is -2.74. The van der Waals surface area contributed by atoms with Gasteiger partial charge in [-0.25, -0.2) is 0 Å². The Labute approximate surface area is 149 Å². The Morgan fingerprint density at radius 1 is 0.800 bits per heavy atom. The molecule has 1 aliphatic carbocycles. The van der Waals surface area contributed by atoms with Crippen LogP contribution < -0.4 is 9.80 Å². The summed E-state index contributed by atoms with van der Waals surface area (Å²) in [6.45, 7) is 4.48. The van der Waals surface area contributed by atoms with Crippen molar-refractivity contribution in [2.24, 2.45) is 0 Å². The van der Waals surface area contributed by atoms with Gasteiger partial charge in [0.15, 0.2) is 0 Å². The van der Waals surface area contributed by atoms with Gasteiger partial charge in [-0.1, -0.05) is 42.5 Å². The third-order valence-electron chi connectivity index (χ3n) is 5.84. The zero-order valence-electron chi connectivity index (χ0n) is 15.0. The van der Waals surface area contributed by atoms with Gasteiger partial charge in [0.2, 0.25) is 0 Å². The molecule has 0 spiro atoms. The van der Waals surface area contributed by atoms with E-state index in [1.54, 1.807) is 0 Å². The fourth-order valence-corrected chi connectivity index (χ4v) is 4.38. The summed E-state index contributed by atoms with van der Waals surface area (Å²) in [6.07, 6.45) is 1.36. The molecular formula is C23H22N2. The number of rotatable bonds is 1. The Morgan fingerprint density at radius 2 is 1.56 bits per heavy atom. The lowest BCUT2D eigenvalue weighted by atomic mass is 10.0. The zero-order valence-corrected chi connectivity index (χ0v) is 15.0. The van der Waals surface area contributed by atoms with Gasteiger partial charge in [0.05, 0.1) is 11.4 Å². The van der Waals surface area contributed by atoms with E-state index in [9.17, 15) is 0 Å². The van der Waals surface area contributed by atoms with Crippen molar-refractivity contribution in [3.05, 3.63) is 77.4 Å². The molecule has 2 heteroatoms. The first-order valence-electron chi connectivity index (χ1n) is 8.98. The van der Waals surface area contributed by atoms with Crippen molar-refractivity contribution in [1.29, 1.82) is 0 Å². The van der Waals surface area contributed by atoms with Gasteiger partial charge in [0, 0.05) is 12.7 Å². The van der Waals surface area contributed by atoms with Crippen LogP contribution in [0.2, 0.25) is 0 Å². The highest BCUT2D eigenvalue weighted by Gasteiger charge is 2.34. The molecule has 0 N–H and O–H groups in total. The molecule has 25 heavy (non-hydrogen) atoms. The molecule has 0 radical (unpaired) electrons. The van der Waals surface area contributed by atoms with Gasteiger partial charge >= 0.3 is 0 Å². The predicted molar refractivity (Wildman–Crippen MR) is 106 cm³/mol. The van der Waals surface area contributed by atoms with E-state index in [1.165, 1.54) is 44.9 Å². The van der Waals surface area contributed by atoms with Crippen LogP contribution in [-0.4, -0.2) is 13.2 Å². The first-order valence-corrected chi connectivity index (χ1v) is 8.98. The molecule has 1 heterocycles.